The van der Waals surface area contributed by atoms with Gasteiger partial charge in [-0.05, 0) is 55.7 Å². The van der Waals surface area contributed by atoms with Crippen molar-refractivity contribution in [3.63, 3.8) is 0 Å². The molecule has 0 aromatic heterocycles. The van der Waals surface area contributed by atoms with Gasteiger partial charge in [0, 0.05) is 17.1 Å². The molecule has 0 bridgehead atoms. The zero-order chi connectivity index (χ0) is 14.5. The molecular weight excluding hydrogens is 266 g/mol. The van der Waals surface area contributed by atoms with Crippen molar-refractivity contribution < 1.29 is 0 Å². The van der Waals surface area contributed by atoms with Crippen LogP contribution in [-0.2, 0) is 6.42 Å². The molecule has 1 saturated carbocycles. The molecule has 0 spiro atoms. The molecule has 1 aliphatic rings. The molecule has 1 aliphatic carbocycles. The van der Waals surface area contributed by atoms with E-state index in [2.05, 4.69) is 38.2 Å². The van der Waals surface area contributed by atoms with Gasteiger partial charge in [0.1, 0.15) is 0 Å². The van der Waals surface area contributed by atoms with Gasteiger partial charge in [0.25, 0.3) is 0 Å². The summed E-state index contributed by atoms with van der Waals surface area (Å²) in [6.07, 6.45) is 6.57. The molecule has 1 aromatic rings. The summed E-state index contributed by atoms with van der Waals surface area (Å²) in [5.41, 5.74) is 1.33. The molecule has 0 amide bonds. The predicted octanol–water partition coefficient (Wildman–Crippen LogP) is 5.08. The molecule has 3 atom stereocenters. The van der Waals surface area contributed by atoms with E-state index in [1.54, 1.807) is 0 Å². The van der Waals surface area contributed by atoms with Crippen LogP contribution in [0.1, 0.15) is 52.0 Å². The first kappa shape index (κ1) is 15.9. The molecule has 112 valence electrons. The molecule has 0 heterocycles. The second-order valence-electron chi connectivity index (χ2n) is 6.70. The van der Waals surface area contributed by atoms with E-state index < -0.39 is 0 Å². The first-order chi connectivity index (χ1) is 9.56. The summed E-state index contributed by atoms with van der Waals surface area (Å²) in [5.74, 6) is 1.62. The van der Waals surface area contributed by atoms with Crippen LogP contribution in [0.5, 0.6) is 0 Å². The Morgan fingerprint density at radius 2 is 1.95 bits per heavy atom. The number of nitrogens with one attached hydrogen (secondary N) is 1. The molecule has 0 saturated heterocycles. The molecule has 1 nitrogen and oxygen atoms in total. The minimum atomic E-state index is 0.512. The summed E-state index contributed by atoms with van der Waals surface area (Å²) in [6, 6.07) is 9.45. The normalized spacial score (nSPS) is 24.9. The summed E-state index contributed by atoms with van der Waals surface area (Å²) >= 11 is 6.06. The quantitative estimate of drug-likeness (QED) is 0.799. The van der Waals surface area contributed by atoms with Crippen molar-refractivity contribution in [1.82, 2.24) is 5.32 Å². The fourth-order valence-electron chi connectivity index (χ4n) is 3.61. The highest BCUT2D eigenvalue weighted by Gasteiger charge is 2.28. The second-order valence-corrected chi connectivity index (χ2v) is 7.14. The standard InChI is InChI=1S/C18H28ClN/c1-13(2)17-9-4-5-10-18(17)20-14(3)11-15-7-6-8-16(19)12-15/h6-8,12-14,17-18,20H,4-5,9-11H2,1-3H3. The van der Waals surface area contributed by atoms with Crippen LogP contribution < -0.4 is 5.32 Å². The van der Waals surface area contributed by atoms with E-state index in [0.29, 0.717) is 12.1 Å². The van der Waals surface area contributed by atoms with Crippen LogP contribution in [0.2, 0.25) is 5.02 Å². The molecule has 2 rings (SSSR count). The van der Waals surface area contributed by atoms with Crippen LogP contribution in [0.25, 0.3) is 0 Å². The molecule has 3 unspecified atom stereocenters. The molecule has 20 heavy (non-hydrogen) atoms. The predicted molar refractivity (Wildman–Crippen MR) is 88.3 cm³/mol. The van der Waals surface area contributed by atoms with Gasteiger partial charge in [-0.2, -0.15) is 0 Å². The summed E-state index contributed by atoms with van der Waals surface area (Å²) < 4.78 is 0. The zero-order valence-electron chi connectivity index (χ0n) is 13.0. The molecule has 0 radical (unpaired) electrons. The minimum Gasteiger partial charge on any atom is -0.311 e. The van der Waals surface area contributed by atoms with Gasteiger partial charge < -0.3 is 5.32 Å². The summed E-state index contributed by atoms with van der Waals surface area (Å²) in [7, 11) is 0. The van der Waals surface area contributed by atoms with Gasteiger partial charge in [0.15, 0.2) is 0 Å². The van der Waals surface area contributed by atoms with Crippen molar-refractivity contribution in [3.8, 4) is 0 Å². The van der Waals surface area contributed by atoms with Gasteiger partial charge in [-0.3, -0.25) is 0 Å². The molecule has 1 aromatic carbocycles. The van der Waals surface area contributed by atoms with Gasteiger partial charge in [0.2, 0.25) is 0 Å². The highest BCUT2D eigenvalue weighted by molar-refractivity contribution is 6.30. The Bertz CT molecular complexity index is 416. The monoisotopic (exact) mass is 293 g/mol. The number of hydrogen-bond donors (Lipinski definition) is 1. The van der Waals surface area contributed by atoms with Gasteiger partial charge in [-0.15, -0.1) is 0 Å². The Balaban J connectivity index is 1.91. The lowest BCUT2D eigenvalue weighted by Crippen LogP contribution is -2.45. The van der Waals surface area contributed by atoms with E-state index in [-0.39, 0.29) is 0 Å². The lowest BCUT2D eigenvalue weighted by Gasteiger charge is -2.37. The van der Waals surface area contributed by atoms with Crippen LogP contribution in [0.4, 0.5) is 0 Å². The number of halogens is 1. The van der Waals surface area contributed by atoms with E-state index in [0.717, 1.165) is 23.3 Å². The fourth-order valence-corrected chi connectivity index (χ4v) is 3.82. The van der Waals surface area contributed by atoms with Crippen LogP contribution in [0.15, 0.2) is 24.3 Å². The van der Waals surface area contributed by atoms with Crippen LogP contribution >= 0.6 is 11.6 Å². The molecule has 1 fully saturated rings. The molecular formula is C18H28ClN. The maximum absolute atomic E-state index is 6.06. The number of rotatable bonds is 5. The third kappa shape index (κ3) is 4.49. The van der Waals surface area contributed by atoms with E-state index in [1.807, 2.05) is 12.1 Å². The minimum absolute atomic E-state index is 0.512. The Morgan fingerprint density at radius 1 is 1.20 bits per heavy atom. The van der Waals surface area contributed by atoms with Crippen LogP contribution in [-0.4, -0.2) is 12.1 Å². The topological polar surface area (TPSA) is 12.0 Å². The second kappa shape index (κ2) is 7.47. The van der Waals surface area contributed by atoms with Crippen LogP contribution in [0, 0.1) is 11.8 Å². The number of hydrogen-bond acceptors (Lipinski definition) is 1. The van der Waals surface area contributed by atoms with Gasteiger partial charge in [-0.1, -0.05) is 50.4 Å². The Morgan fingerprint density at radius 3 is 2.65 bits per heavy atom. The average molecular weight is 294 g/mol. The Labute approximate surface area is 129 Å². The van der Waals surface area contributed by atoms with Gasteiger partial charge in [0.05, 0.1) is 0 Å². The first-order valence-corrected chi connectivity index (χ1v) is 8.44. The SMILES string of the molecule is CC(Cc1cccc(Cl)c1)NC1CCCCC1C(C)C. The Kier molecular flexibility index (Phi) is 5.92. The van der Waals surface area contributed by atoms with Crippen molar-refractivity contribution in [2.75, 3.05) is 0 Å². The summed E-state index contributed by atoms with van der Waals surface area (Å²) in [6.45, 7) is 7.03. The lowest BCUT2D eigenvalue weighted by molar-refractivity contribution is 0.194. The maximum atomic E-state index is 6.06. The first-order valence-electron chi connectivity index (χ1n) is 8.06. The smallest absolute Gasteiger partial charge is 0.0408 e. The average Bonchev–Trinajstić information content (AvgIpc) is 2.38. The highest BCUT2D eigenvalue weighted by Crippen LogP contribution is 2.30. The summed E-state index contributed by atoms with van der Waals surface area (Å²) in [4.78, 5) is 0. The van der Waals surface area contributed by atoms with Crippen molar-refractivity contribution in [2.45, 2.75) is 65.0 Å². The third-order valence-electron chi connectivity index (χ3n) is 4.61. The van der Waals surface area contributed by atoms with E-state index in [1.165, 1.54) is 31.2 Å². The highest BCUT2D eigenvalue weighted by atomic mass is 35.5. The maximum Gasteiger partial charge on any atom is 0.0408 e. The molecule has 1 N–H and O–H groups in total. The van der Waals surface area contributed by atoms with Crippen LogP contribution in [0.3, 0.4) is 0 Å². The van der Waals surface area contributed by atoms with Gasteiger partial charge in [-0.25, -0.2) is 0 Å². The molecule has 2 heteroatoms. The van der Waals surface area contributed by atoms with E-state index in [9.17, 15) is 0 Å². The van der Waals surface area contributed by atoms with Crippen molar-refractivity contribution in [2.24, 2.45) is 11.8 Å². The van der Waals surface area contributed by atoms with E-state index >= 15 is 0 Å². The largest absolute Gasteiger partial charge is 0.311 e. The van der Waals surface area contributed by atoms with Crippen molar-refractivity contribution >= 4 is 11.6 Å². The zero-order valence-corrected chi connectivity index (χ0v) is 13.8. The fraction of sp³-hybridized carbons (Fsp3) is 0.667. The number of benzene rings is 1. The lowest BCUT2D eigenvalue weighted by atomic mass is 9.77. The molecule has 0 aliphatic heterocycles. The van der Waals surface area contributed by atoms with Crippen molar-refractivity contribution in [1.29, 1.82) is 0 Å². The summed E-state index contributed by atoms with van der Waals surface area (Å²) in [5, 5.41) is 4.72. The van der Waals surface area contributed by atoms with Gasteiger partial charge >= 0.3 is 0 Å². The van der Waals surface area contributed by atoms with E-state index in [4.69, 9.17) is 11.6 Å². The van der Waals surface area contributed by atoms with Crippen molar-refractivity contribution in [3.05, 3.63) is 34.9 Å². The third-order valence-corrected chi connectivity index (χ3v) is 4.84. The Hall–Kier alpha value is -0.530.